The summed E-state index contributed by atoms with van der Waals surface area (Å²) < 4.78 is 5.35. The molecule has 0 heterocycles. The van der Waals surface area contributed by atoms with Crippen molar-refractivity contribution in [3.05, 3.63) is 35.9 Å². The Labute approximate surface area is 120 Å². The number of hydrogen-bond acceptors (Lipinski definition) is 3. The number of aliphatic hydroxyl groups is 1. The summed E-state index contributed by atoms with van der Waals surface area (Å²) in [6.07, 6.45) is 3.24. The number of benzene rings is 1. The molecule has 4 heteroatoms. The third-order valence-electron chi connectivity index (χ3n) is 2.79. The minimum absolute atomic E-state index is 0.0376. The Morgan fingerprint density at radius 1 is 1.35 bits per heavy atom. The van der Waals surface area contributed by atoms with E-state index in [4.69, 9.17) is 9.84 Å². The van der Waals surface area contributed by atoms with Gasteiger partial charge in [0.1, 0.15) is 5.75 Å². The van der Waals surface area contributed by atoms with Crippen molar-refractivity contribution in [2.75, 3.05) is 19.8 Å². The molecule has 4 nitrogen and oxygen atoms in total. The molecule has 1 rings (SSSR count). The van der Waals surface area contributed by atoms with Gasteiger partial charge in [0.15, 0.2) is 0 Å². The van der Waals surface area contributed by atoms with Crippen LogP contribution in [0.5, 0.6) is 5.75 Å². The Hall–Kier alpha value is -1.81. The van der Waals surface area contributed by atoms with Crippen LogP contribution in [0.1, 0.15) is 26.3 Å². The Bertz CT molecular complexity index is 449. The Kier molecular flexibility index (Phi) is 6.25. The predicted octanol–water partition coefficient (Wildman–Crippen LogP) is 2.23. The molecular formula is C16H23NO3. The van der Waals surface area contributed by atoms with E-state index in [2.05, 4.69) is 5.32 Å². The van der Waals surface area contributed by atoms with E-state index in [0.29, 0.717) is 13.2 Å². The molecule has 1 aromatic carbocycles. The summed E-state index contributed by atoms with van der Waals surface area (Å²) in [5, 5.41) is 11.9. The summed E-state index contributed by atoms with van der Waals surface area (Å²) in [5.74, 6) is 0.652. The van der Waals surface area contributed by atoms with Crippen LogP contribution in [0.2, 0.25) is 0 Å². The molecule has 0 unspecified atom stereocenters. The van der Waals surface area contributed by atoms with Gasteiger partial charge < -0.3 is 15.2 Å². The largest absolute Gasteiger partial charge is 0.494 e. The van der Waals surface area contributed by atoms with Gasteiger partial charge in [-0.15, -0.1) is 0 Å². The number of carbonyl (C=O) groups excluding carboxylic acids is 1. The van der Waals surface area contributed by atoms with Crippen molar-refractivity contribution in [2.24, 2.45) is 5.41 Å². The molecule has 0 aromatic heterocycles. The molecule has 0 saturated carbocycles. The first kappa shape index (κ1) is 16.2. The lowest BCUT2D eigenvalue weighted by Crippen LogP contribution is -2.35. The molecular weight excluding hydrogens is 254 g/mol. The molecule has 20 heavy (non-hydrogen) atoms. The van der Waals surface area contributed by atoms with Crippen molar-refractivity contribution >= 4 is 12.0 Å². The van der Waals surface area contributed by atoms with Crippen molar-refractivity contribution in [3.63, 3.8) is 0 Å². The van der Waals surface area contributed by atoms with E-state index in [1.807, 2.05) is 45.0 Å². The van der Waals surface area contributed by atoms with Crippen molar-refractivity contribution in [1.82, 2.24) is 5.32 Å². The van der Waals surface area contributed by atoms with Crippen LogP contribution in [-0.4, -0.2) is 30.8 Å². The van der Waals surface area contributed by atoms with Gasteiger partial charge in [-0.2, -0.15) is 0 Å². The van der Waals surface area contributed by atoms with Gasteiger partial charge in [0.2, 0.25) is 5.91 Å². The Morgan fingerprint density at radius 2 is 2.00 bits per heavy atom. The highest BCUT2D eigenvalue weighted by Crippen LogP contribution is 2.13. The molecule has 110 valence electrons. The van der Waals surface area contributed by atoms with E-state index in [1.165, 1.54) is 6.08 Å². The molecule has 0 fully saturated rings. The summed E-state index contributed by atoms with van der Waals surface area (Å²) in [6, 6.07) is 7.53. The van der Waals surface area contributed by atoms with Crippen LogP contribution in [-0.2, 0) is 4.79 Å². The van der Waals surface area contributed by atoms with E-state index >= 15 is 0 Å². The van der Waals surface area contributed by atoms with Crippen molar-refractivity contribution < 1.29 is 14.6 Å². The third-order valence-corrected chi connectivity index (χ3v) is 2.79. The molecule has 0 aliphatic carbocycles. The average molecular weight is 277 g/mol. The van der Waals surface area contributed by atoms with E-state index in [1.54, 1.807) is 6.08 Å². The minimum atomic E-state index is -0.303. The fourth-order valence-corrected chi connectivity index (χ4v) is 1.45. The van der Waals surface area contributed by atoms with Gasteiger partial charge in [0, 0.05) is 24.6 Å². The number of ether oxygens (including phenoxy) is 1. The van der Waals surface area contributed by atoms with E-state index < -0.39 is 0 Å². The summed E-state index contributed by atoms with van der Waals surface area (Å²) in [4.78, 5) is 11.6. The second-order valence-corrected chi connectivity index (χ2v) is 5.38. The molecule has 0 spiro atoms. The second kappa shape index (κ2) is 7.70. The maximum absolute atomic E-state index is 11.6. The zero-order chi connectivity index (χ0) is 15.0. The number of aliphatic hydroxyl groups excluding tert-OH is 1. The van der Waals surface area contributed by atoms with Crippen molar-refractivity contribution in [3.8, 4) is 5.75 Å². The van der Waals surface area contributed by atoms with Crippen LogP contribution in [0.15, 0.2) is 30.3 Å². The second-order valence-electron chi connectivity index (χ2n) is 5.38. The van der Waals surface area contributed by atoms with Crippen molar-refractivity contribution in [2.45, 2.75) is 20.8 Å². The van der Waals surface area contributed by atoms with Crippen LogP contribution in [0.25, 0.3) is 6.08 Å². The fraction of sp³-hybridized carbons (Fsp3) is 0.438. The molecule has 0 atom stereocenters. The fourth-order valence-electron chi connectivity index (χ4n) is 1.45. The van der Waals surface area contributed by atoms with Gasteiger partial charge in [-0.3, -0.25) is 4.79 Å². The molecule has 1 aromatic rings. The number of amides is 1. The van der Waals surface area contributed by atoms with Crippen LogP contribution >= 0.6 is 0 Å². The summed E-state index contributed by atoms with van der Waals surface area (Å²) in [7, 11) is 0. The lowest BCUT2D eigenvalue weighted by molar-refractivity contribution is -0.116. The maximum atomic E-state index is 11.6. The number of carbonyl (C=O) groups is 1. The zero-order valence-electron chi connectivity index (χ0n) is 12.3. The quantitative estimate of drug-likeness (QED) is 0.751. The molecule has 0 aliphatic rings. The topological polar surface area (TPSA) is 58.6 Å². The van der Waals surface area contributed by atoms with Crippen LogP contribution in [0.4, 0.5) is 0 Å². The highest BCUT2D eigenvalue weighted by molar-refractivity contribution is 5.91. The summed E-state index contributed by atoms with van der Waals surface area (Å²) in [6.45, 7) is 6.84. The van der Waals surface area contributed by atoms with Crippen LogP contribution in [0.3, 0.4) is 0 Å². The van der Waals surface area contributed by atoms with Gasteiger partial charge in [0.05, 0.1) is 6.61 Å². The molecule has 0 radical (unpaired) electrons. The predicted molar refractivity (Wildman–Crippen MR) is 80.5 cm³/mol. The highest BCUT2D eigenvalue weighted by Gasteiger charge is 2.16. The van der Waals surface area contributed by atoms with E-state index in [-0.39, 0.29) is 17.9 Å². The maximum Gasteiger partial charge on any atom is 0.244 e. The lowest BCUT2D eigenvalue weighted by Gasteiger charge is -2.21. The average Bonchev–Trinajstić information content (AvgIpc) is 2.45. The lowest BCUT2D eigenvalue weighted by atomic mass is 9.95. The first-order valence-corrected chi connectivity index (χ1v) is 6.76. The summed E-state index contributed by atoms with van der Waals surface area (Å²) >= 11 is 0. The zero-order valence-corrected chi connectivity index (χ0v) is 12.3. The van der Waals surface area contributed by atoms with Gasteiger partial charge >= 0.3 is 0 Å². The molecule has 1 amide bonds. The number of hydrogen-bond donors (Lipinski definition) is 2. The van der Waals surface area contributed by atoms with E-state index in [9.17, 15) is 4.79 Å². The number of rotatable bonds is 7. The molecule has 0 bridgehead atoms. The molecule has 0 aliphatic heterocycles. The molecule has 0 saturated heterocycles. The van der Waals surface area contributed by atoms with Gasteiger partial charge in [-0.05, 0) is 30.7 Å². The SMILES string of the molecule is CCOc1ccc(/C=C/C(=O)NCC(C)(C)CO)cc1. The summed E-state index contributed by atoms with van der Waals surface area (Å²) in [5.41, 5.74) is 0.632. The first-order valence-electron chi connectivity index (χ1n) is 6.76. The standard InChI is InChI=1S/C16H23NO3/c1-4-20-14-8-5-13(6-9-14)7-10-15(19)17-11-16(2,3)12-18/h5-10,18H,4,11-12H2,1-3H3,(H,17,19)/b10-7+. The molecule has 2 N–H and O–H groups in total. The number of nitrogens with one attached hydrogen (secondary N) is 1. The smallest absolute Gasteiger partial charge is 0.244 e. The van der Waals surface area contributed by atoms with Gasteiger partial charge in [-0.25, -0.2) is 0 Å². The first-order chi connectivity index (χ1) is 9.46. The monoisotopic (exact) mass is 277 g/mol. The Balaban J connectivity index is 2.48. The van der Waals surface area contributed by atoms with Crippen LogP contribution < -0.4 is 10.1 Å². The minimum Gasteiger partial charge on any atom is -0.494 e. The van der Waals surface area contributed by atoms with Gasteiger partial charge in [-0.1, -0.05) is 26.0 Å². The Morgan fingerprint density at radius 3 is 2.55 bits per heavy atom. The van der Waals surface area contributed by atoms with Crippen molar-refractivity contribution in [1.29, 1.82) is 0 Å². The van der Waals surface area contributed by atoms with E-state index in [0.717, 1.165) is 11.3 Å². The van der Waals surface area contributed by atoms with Crippen LogP contribution in [0, 0.1) is 5.41 Å². The third kappa shape index (κ3) is 5.89. The normalized spacial score (nSPS) is 11.6. The van der Waals surface area contributed by atoms with Gasteiger partial charge in [0.25, 0.3) is 0 Å². The highest BCUT2D eigenvalue weighted by atomic mass is 16.5.